The Bertz CT molecular complexity index is 1690. The smallest absolute Gasteiger partial charge is 0.350 e. The largest absolute Gasteiger partial charge is 0.494 e. The Morgan fingerprint density at radius 2 is 2.05 bits per heavy atom. The van der Waals surface area contributed by atoms with Crippen molar-refractivity contribution in [2.75, 3.05) is 18.1 Å². The van der Waals surface area contributed by atoms with E-state index in [0.717, 1.165) is 17.8 Å². The number of thiazole rings is 1. The van der Waals surface area contributed by atoms with E-state index >= 15 is 0 Å². The number of aromatic nitrogens is 1. The number of anilines is 1. The SMILES string of the molecule is C=CCOC(=O)c1sc(N2C(=O)c3oc4ccc(Br)cc4c(=O)c3C2c2cccc(OCCC(C)C)c2)nc1C. The molecule has 8 nitrogen and oxygen atoms in total. The Kier molecular flexibility index (Phi) is 7.91. The summed E-state index contributed by atoms with van der Waals surface area (Å²) in [6, 6.07) is 11.5. The summed E-state index contributed by atoms with van der Waals surface area (Å²) in [5, 5.41) is 0.598. The van der Waals surface area contributed by atoms with E-state index in [9.17, 15) is 14.4 Å². The number of benzene rings is 2. The van der Waals surface area contributed by atoms with Gasteiger partial charge in [-0.2, -0.15) is 0 Å². The molecule has 206 valence electrons. The van der Waals surface area contributed by atoms with E-state index in [0.29, 0.717) is 45.0 Å². The van der Waals surface area contributed by atoms with E-state index in [-0.39, 0.29) is 33.4 Å². The van der Waals surface area contributed by atoms with Gasteiger partial charge >= 0.3 is 5.97 Å². The number of carbonyl (C=O) groups excluding carboxylic acids is 2. The molecule has 10 heteroatoms. The third-order valence-electron chi connectivity index (χ3n) is 6.48. The molecule has 1 atom stereocenters. The average Bonchev–Trinajstić information content (AvgIpc) is 3.45. The first kappa shape index (κ1) is 27.8. The van der Waals surface area contributed by atoms with E-state index in [1.54, 1.807) is 25.1 Å². The van der Waals surface area contributed by atoms with Crippen LogP contribution in [0.4, 0.5) is 5.13 Å². The third-order valence-corrected chi connectivity index (χ3v) is 8.11. The van der Waals surface area contributed by atoms with Crippen LogP contribution in [0.15, 0.2) is 68.8 Å². The fourth-order valence-corrected chi connectivity index (χ4v) is 5.87. The van der Waals surface area contributed by atoms with Crippen molar-refractivity contribution in [2.24, 2.45) is 5.92 Å². The van der Waals surface area contributed by atoms with Gasteiger partial charge in [0.15, 0.2) is 10.6 Å². The molecule has 0 N–H and O–H groups in total. The van der Waals surface area contributed by atoms with Crippen molar-refractivity contribution in [1.82, 2.24) is 4.98 Å². The van der Waals surface area contributed by atoms with Gasteiger partial charge < -0.3 is 13.9 Å². The average molecular weight is 624 g/mol. The summed E-state index contributed by atoms with van der Waals surface area (Å²) in [7, 11) is 0. The van der Waals surface area contributed by atoms with Gasteiger partial charge in [0, 0.05) is 4.47 Å². The second-order valence-corrected chi connectivity index (χ2v) is 11.7. The summed E-state index contributed by atoms with van der Waals surface area (Å²) in [4.78, 5) is 46.7. The van der Waals surface area contributed by atoms with Gasteiger partial charge in [0.05, 0.1) is 29.3 Å². The molecule has 3 heterocycles. The minimum Gasteiger partial charge on any atom is -0.494 e. The number of aryl methyl sites for hydroxylation is 1. The van der Waals surface area contributed by atoms with Crippen LogP contribution in [-0.4, -0.2) is 30.1 Å². The van der Waals surface area contributed by atoms with Crippen LogP contribution < -0.4 is 15.1 Å². The number of hydrogen-bond donors (Lipinski definition) is 0. The van der Waals surface area contributed by atoms with Gasteiger partial charge in [-0.05, 0) is 55.2 Å². The van der Waals surface area contributed by atoms with Crippen LogP contribution in [0.5, 0.6) is 5.75 Å². The number of fused-ring (bicyclic) bond motifs is 2. The second kappa shape index (κ2) is 11.4. The monoisotopic (exact) mass is 622 g/mol. The summed E-state index contributed by atoms with van der Waals surface area (Å²) >= 11 is 4.45. The lowest BCUT2D eigenvalue weighted by Crippen LogP contribution is -2.29. The van der Waals surface area contributed by atoms with Crippen LogP contribution in [-0.2, 0) is 4.74 Å². The highest BCUT2D eigenvalue weighted by molar-refractivity contribution is 9.10. The Morgan fingerprint density at radius 3 is 2.80 bits per heavy atom. The van der Waals surface area contributed by atoms with Gasteiger partial charge in [-0.15, -0.1) is 0 Å². The number of halogens is 1. The number of hydrogen-bond acceptors (Lipinski definition) is 8. The zero-order chi connectivity index (χ0) is 28.6. The molecule has 0 radical (unpaired) electrons. The molecule has 0 bridgehead atoms. The van der Waals surface area contributed by atoms with E-state index < -0.39 is 17.9 Å². The molecular formula is C30H27BrN2O6S. The minimum atomic E-state index is -0.849. The first-order valence-corrected chi connectivity index (χ1v) is 14.4. The molecule has 0 aliphatic carbocycles. The van der Waals surface area contributed by atoms with Crippen LogP contribution in [0.25, 0.3) is 11.0 Å². The van der Waals surface area contributed by atoms with Gasteiger partial charge in [0.1, 0.15) is 22.8 Å². The maximum absolute atomic E-state index is 13.9. The fourth-order valence-electron chi connectivity index (χ4n) is 4.52. The Balaban J connectivity index is 1.66. The lowest BCUT2D eigenvalue weighted by molar-refractivity contribution is 0.0554. The van der Waals surface area contributed by atoms with Crippen molar-refractivity contribution < 1.29 is 23.5 Å². The lowest BCUT2D eigenvalue weighted by Gasteiger charge is -2.23. The lowest BCUT2D eigenvalue weighted by atomic mass is 9.98. The van der Waals surface area contributed by atoms with Crippen LogP contribution in [0.1, 0.15) is 63.4 Å². The number of rotatable bonds is 9. The molecule has 0 saturated carbocycles. The summed E-state index contributed by atoms with van der Waals surface area (Å²) in [6.45, 7) is 10.1. The Hall–Kier alpha value is -3.76. The van der Waals surface area contributed by atoms with Crippen LogP contribution >= 0.6 is 27.3 Å². The zero-order valence-electron chi connectivity index (χ0n) is 22.2. The van der Waals surface area contributed by atoms with Crippen LogP contribution in [0.2, 0.25) is 0 Å². The van der Waals surface area contributed by atoms with Crippen LogP contribution in [0, 0.1) is 12.8 Å². The normalized spacial score (nSPS) is 14.6. The molecule has 2 aromatic heterocycles. The van der Waals surface area contributed by atoms with Gasteiger partial charge in [-0.25, -0.2) is 9.78 Å². The maximum Gasteiger partial charge on any atom is 0.350 e. The predicted octanol–water partition coefficient (Wildman–Crippen LogP) is 6.84. The first-order valence-electron chi connectivity index (χ1n) is 12.8. The van der Waals surface area contributed by atoms with Gasteiger partial charge in [-0.3, -0.25) is 14.5 Å². The molecule has 5 rings (SSSR count). The molecule has 1 aliphatic rings. The number of carbonyl (C=O) groups is 2. The van der Waals surface area contributed by atoms with Crippen LogP contribution in [0.3, 0.4) is 0 Å². The van der Waals surface area contributed by atoms with E-state index in [1.165, 1.54) is 11.0 Å². The van der Waals surface area contributed by atoms with E-state index in [4.69, 9.17) is 13.9 Å². The standard InChI is InChI=1S/C30H27BrN2O6S/c1-5-12-38-29(36)27-17(4)32-30(40-27)33-24(18-7-6-8-20(14-18)37-13-11-16(2)3)23-25(34)21-15-19(31)9-10-22(21)39-26(23)28(33)35/h5-10,14-16,24H,1,11-13H2,2-4H3. The predicted molar refractivity (Wildman–Crippen MR) is 158 cm³/mol. The fraction of sp³-hybridized carbons (Fsp3) is 0.267. The Labute approximate surface area is 243 Å². The number of nitrogens with zero attached hydrogens (tertiary/aromatic N) is 2. The van der Waals surface area contributed by atoms with Gasteiger partial charge in [0.25, 0.3) is 5.91 Å². The number of amides is 1. The van der Waals surface area contributed by atoms with Crippen molar-refractivity contribution in [2.45, 2.75) is 33.2 Å². The zero-order valence-corrected chi connectivity index (χ0v) is 24.6. The Morgan fingerprint density at radius 1 is 1.25 bits per heavy atom. The first-order chi connectivity index (χ1) is 19.2. The van der Waals surface area contributed by atoms with E-state index in [1.807, 2.05) is 24.3 Å². The molecule has 1 amide bonds. The molecule has 1 aliphatic heterocycles. The minimum absolute atomic E-state index is 0.0480. The molecule has 1 unspecified atom stereocenters. The van der Waals surface area contributed by atoms with Crippen molar-refractivity contribution in [3.63, 3.8) is 0 Å². The molecule has 0 spiro atoms. The topological polar surface area (TPSA) is 98.9 Å². The molecule has 4 aromatic rings. The summed E-state index contributed by atoms with van der Waals surface area (Å²) in [6.07, 6.45) is 2.36. The second-order valence-electron chi connectivity index (χ2n) is 9.79. The van der Waals surface area contributed by atoms with Crippen molar-refractivity contribution in [3.8, 4) is 5.75 Å². The van der Waals surface area contributed by atoms with Gasteiger partial charge in [0.2, 0.25) is 5.76 Å². The highest BCUT2D eigenvalue weighted by Gasteiger charge is 2.45. The molecule has 40 heavy (non-hydrogen) atoms. The summed E-state index contributed by atoms with van der Waals surface area (Å²) < 4.78 is 18.0. The number of ether oxygens (including phenoxy) is 2. The number of esters is 1. The highest BCUT2D eigenvalue weighted by atomic mass is 79.9. The van der Waals surface area contributed by atoms with Gasteiger partial charge in [-0.1, -0.05) is 65.9 Å². The molecule has 0 fully saturated rings. The molecule has 2 aromatic carbocycles. The summed E-state index contributed by atoms with van der Waals surface area (Å²) in [5.41, 5.74) is 1.26. The van der Waals surface area contributed by atoms with Crippen molar-refractivity contribution in [3.05, 3.63) is 97.3 Å². The quantitative estimate of drug-likeness (QED) is 0.149. The maximum atomic E-state index is 13.9. The molecule has 0 saturated heterocycles. The van der Waals surface area contributed by atoms with Crippen molar-refractivity contribution >= 4 is 55.2 Å². The highest BCUT2D eigenvalue weighted by Crippen LogP contribution is 2.44. The molecular weight excluding hydrogens is 596 g/mol. The summed E-state index contributed by atoms with van der Waals surface area (Å²) in [5.74, 6) is -0.0359. The van der Waals surface area contributed by atoms with Crippen molar-refractivity contribution in [1.29, 1.82) is 0 Å². The third kappa shape index (κ3) is 5.21. The van der Waals surface area contributed by atoms with E-state index in [2.05, 4.69) is 41.3 Å².